The number of nitrogens with zero attached hydrogens (tertiary/aromatic N) is 1. The molecule has 2 N–H and O–H groups in total. The van der Waals surface area contributed by atoms with Gasteiger partial charge in [0.2, 0.25) is 15.9 Å². The van der Waals surface area contributed by atoms with Crippen molar-refractivity contribution in [2.24, 2.45) is 0 Å². The van der Waals surface area contributed by atoms with Crippen LogP contribution in [0.3, 0.4) is 0 Å². The molecule has 0 bridgehead atoms. The lowest BCUT2D eigenvalue weighted by Crippen LogP contribution is -2.29. The van der Waals surface area contributed by atoms with Crippen molar-refractivity contribution < 1.29 is 31.5 Å². The van der Waals surface area contributed by atoms with Gasteiger partial charge >= 0.3 is 5.97 Å². The number of rotatable bonds is 6. The zero-order valence-corrected chi connectivity index (χ0v) is 15.1. The summed E-state index contributed by atoms with van der Waals surface area (Å²) in [5.41, 5.74) is -0.255. The van der Waals surface area contributed by atoms with Crippen LogP contribution in [0.4, 0.5) is 5.69 Å². The number of carboxylic acid groups (broad SMARTS) is 1. The lowest BCUT2D eigenvalue weighted by Gasteiger charge is -2.14. The number of carboxylic acids is 1. The third-order valence-electron chi connectivity index (χ3n) is 3.66. The van der Waals surface area contributed by atoms with Gasteiger partial charge in [-0.1, -0.05) is 0 Å². The molecule has 0 spiro atoms. The third-order valence-corrected chi connectivity index (χ3v) is 6.71. The lowest BCUT2D eigenvalue weighted by atomic mass is 10.2. The fourth-order valence-electron chi connectivity index (χ4n) is 2.40. The van der Waals surface area contributed by atoms with Crippen LogP contribution >= 0.6 is 0 Å². The second kappa shape index (κ2) is 7.10. The summed E-state index contributed by atoms with van der Waals surface area (Å²) < 4.78 is 47.8. The molecular weight excluding hydrogens is 372 g/mol. The summed E-state index contributed by atoms with van der Waals surface area (Å²) in [7, 11) is -6.96. The Hall–Kier alpha value is -1.98. The molecule has 0 radical (unpaired) electrons. The minimum Gasteiger partial charge on any atom is -0.478 e. The van der Waals surface area contributed by atoms with Gasteiger partial charge in [0.1, 0.15) is 0 Å². The van der Waals surface area contributed by atoms with E-state index in [1.54, 1.807) is 0 Å². The molecule has 1 aromatic rings. The molecule has 1 amide bonds. The molecule has 1 fully saturated rings. The zero-order valence-electron chi connectivity index (χ0n) is 13.4. The molecule has 25 heavy (non-hydrogen) atoms. The van der Waals surface area contributed by atoms with Crippen molar-refractivity contribution >= 4 is 37.4 Å². The van der Waals surface area contributed by atoms with Crippen LogP contribution in [0.5, 0.6) is 0 Å². The number of hydrogen-bond acceptors (Lipinski definition) is 6. The second-order valence-electron chi connectivity index (χ2n) is 5.69. The van der Waals surface area contributed by atoms with Gasteiger partial charge in [-0.05, 0) is 24.6 Å². The summed E-state index contributed by atoms with van der Waals surface area (Å²) in [6.07, 6.45) is 1.32. The largest absolute Gasteiger partial charge is 0.478 e. The number of carbonyl (C=O) groups excluding carboxylic acids is 1. The molecule has 11 heteroatoms. The van der Waals surface area contributed by atoms with Crippen LogP contribution in [0.15, 0.2) is 23.1 Å². The quantitative estimate of drug-likeness (QED) is 0.705. The molecular formula is C14H18N2O7S2. The Bertz CT molecular complexity index is 907. The molecule has 0 saturated carbocycles. The molecule has 1 aliphatic heterocycles. The number of amides is 1. The van der Waals surface area contributed by atoms with Crippen LogP contribution in [-0.4, -0.2) is 63.2 Å². The summed E-state index contributed by atoms with van der Waals surface area (Å²) in [6, 6.07) is 3.30. The van der Waals surface area contributed by atoms with Gasteiger partial charge in [-0.25, -0.2) is 25.9 Å². The van der Waals surface area contributed by atoms with Crippen molar-refractivity contribution in [1.29, 1.82) is 0 Å². The van der Waals surface area contributed by atoms with Crippen molar-refractivity contribution in [3.05, 3.63) is 23.8 Å². The first kappa shape index (κ1) is 19.3. The Labute approximate surface area is 145 Å². The number of aromatic carboxylic acids is 1. The molecule has 2 rings (SSSR count). The van der Waals surface area contributed by atoms with Crippen molar-refractivity contribution in [1.82, 2.24) is 4.31 Å². The zero-order chi connectivity index (χ0) is 18.8. The molecule has 1 aromatic carbocycles. The number of nitrogens with one attached hydrogen (secondary N) is 1. The highest BCUT2D eigenvalue weighted by Crippen LogP contribution is 2.20. The number of anilines is 1. The highest BCUT2D eigenvalue weighted by molar-refractivity contribution is 7.90. The van der Waals surface area contributed by atoms with E-state index in [9.17, 15) is 26.4 Å². The van der Waals surface area contributed by atoms with Gasteiger partial charge in [0, 0.05) is 31.5 Å². The number of hydrogen-bond donors (Lipinski definition) is 2. The highest BCUT2D eigenvalue weighted by Gasteiger charge is 2.28. The standard InChI is InChI=1S/C14H18N2O7S2/c1-24(20,21)12-8-10(14(18)19)7-11(9-12)15-13(17)3-5-16-4-2-6-25(16,22)23/h7-9H,2-6H2,1H3,(H,15,17)(H,18,19). The van der Waals surface area contributed by atoms with Gasteiger partial charge in [0.15, 0.2) is 9.84 Å². The average Bonchev–Trinajstić information content (AvgIpc) is 2.82. The van der Waals surface area contributed by atoms with Crippen LogP contribution in [-0.2, 0) is 24.7 Å². The maximum atomic E-state index is 12.0. The van der Waals surface area contributed by atoms with E-state index < -0.39 is 31.7 Å². The Kier molecular flexibility index (Phi) is 5.49. The second-order valence-corrected chi connectivity index (χ2v) is 9.79. The van der Waals surface area contributed by atoms with Gasteiger partial charge in [-0.2, -0.15) is 0 Å². The maximum Gasteiger partial charge on any atom is 0.335 e. The predicted molar refractivity (Wildman–Crippen MR) is 89.7 cm³/mol. The minimum absolute atomic E-state index is 0.0196. The Morgan fingerprint density at radius 2 is 1.96 bits per heavy atom. The molecule has 0 aliphatic carbocycles. The van der Waals surface area contributed by atoms with Crippen LogP contribution in [0.2, 0.25) is 0 Å². The van der Waals surface area contributed by atoms with Gasteiger partial charge in [-0.3, -0.25) is 4.79 Å². The van der Waals surface area contributed by atoms with Crippen LogP contribution in [0, 0.1) is 0 Å². The Morgan fingerprint density at radius 3 is 2.48 bits per heavy atom. The van der Waals surface area contributed by atoms with E-state index in [1.165, 1.54) is 4.31 Å². The first-order valence-corrected chi connectivity index (χ1v) is 10.9. The Morgan fingerprint density at radius 1 is 1.28 bits per heavy atom. The summed E-state index contributed by atoms with van der Waals surface area (Å²) in [4.78, 5) is 22.9. The van der Waals surface area contributed by atoms with E-state index >= 15 is 0 Å². The van der Waals surface area contributed by atoms with Crippen LogP contribution in [0.25, 0.3) is 0 Å². The molecule has 0 unspecified atom stereocenters. The van der Waals surface area contributed by atoms with Crippen LogP contribution < -0.4 is 5.32 Å². The molecule has 1 heterocycles. The monoisotopic (exact) mass is 390 g/mol. The summed E-state index contributed by atoms with van der Waals surface area (Å²) in [5.74, 6) is -1.80. The molecule has 1 aliphatic rings. The SMILES string of the molecule is CS(=O)(=O)c1cc(NC(=O)CCN2CCCS2(=O)=O)cc(C(=O)O)c1. The first-order chi connectivity index (χ1) is 11.5. The van der Waals surface area contributed by atoms with E-state index in [4.69, 9.17) is 5.11 Å². The van der Waals surface area contributed by atoms with Gasteiger partial charge in [-0.15, -0.1) is 0 Å². The van der Waals surface area contributed by atoms with E-state index in [1.807, 2.05) is 0 Å². The summed E-state index contributed by atoms with van der Waals surface area (Å²) >= 11 is 0. The lowest BCUT2D eigenvalue weighted by molar-refractivity contribution is -0.116. The average molecular weight is 390 g/mol. The van der Waals surface area contributed by atoms with E-state index in [2.05, 4.69) is 5.32 Å². The van der Waals surface area contributed by atoms with Gasteiger partial charge in [0.25, 0.3) is 0 Å². The molecule has 138 valence electrons. The minimum atomic E-state index is -3.66. The van der Waals surface area contributed by atoms with E-state index in [0.717, 1.165) is 24.5 Å². The van der Waals surface area contributed by atoms with Gasteiger partial charge < -0.3 is 10.4 Å². The van der Waals surface area contributed by atoms with Crippen LogP contribution in [0.1, 0.15) is 23.2 Å². The topological polar surface area (TPSA) is 138 Å². The summed E-state index contributed by atoms with van der Waals surface area (Å²) in [5, 5.41) is 11.5. The Balaban J connectivity index is 2.12. The smallest absolute Gasteiger partial charge is 0.335 e. The predicted octanol–water partition coefficient (Wildman–Crippen LogP) is 0.152. The summed E-state index contributed by atoms with van der Waals surface area (Å²) in [6.45, 7) is 0.383. The highest BCUT2D eigenvalue weighted by atomic mass is 32.2. The fourth-order valence-corrected chi connectivity index (χ4v) is 4.61. The molecule has 0 atom stereocenters. The van der Waals surface area contributed by atoms with Crippen molar-refractivity contribution in [2.75, 3.05) is 30.4 Å². The molecule has 0 aromatic heterocycles. The number of carbonyl (C=O) groups is 2. The van der Waals surface area contributed by atoms with Crippen molar-refractivity contribution in [3.63, 3.8) is 0 Å². The molecule has 1 saturated heterocycles. The van der Waals surface area contributed by atoms with E-state index in [-0.39, 0.29) is 34.9 Å². The number of sulfone groups is 1. The normalized spacial score (nSPS) is 17.3. The van der Waals surface area contributed by atoms with Gasteiger partial charge in [0.05, 0.1) is 16.2 Å². The maximum absolute atomic E-state index is 12.0. The van der Waals surface area contributed by atoms with Crippen molar-refractivity contribution in [2.45, 2.75) is 17.7 Å². The fraction of sp³-hybridized carbons (Fsp3) is 0.429. The van der Waals surface area contributed by atoms with E-state index in [0.29, 0.717) is 13.0 Å². The molecule has 9 nitrogen and oxygen atoms in total. The number of benzene rings is 1. The number of sulfonamides is 1. The third kappa shape index (κ3) is 5.00. The first-order valence-electron chi connectivity index (χ1n) is 7.35. The van der Waals surface area contributed by atoms with Crippen molar-refractivity contribution in [3.8, 4) is 0 Å².